The Morgan fingerprint density at radius 3 is 1.95 bits per heavy atom. The summed E-state index contributed by atoms with van der Waals surface area (Å²) >= 11 is 0. The summed E-state index contributed by atoms with van der Waals surface area (Å²) in [7, 11) is 0. The van der Waals surface area contributed by atoms with Crippen LogP contribution in [0, 0.1) is 13.8 Å². The van der Waals surface area contributed by atoms with Gasteiger partial charge in [0.1, 0.15) is 0 Å². The molecule has 3 aromatic rings. The van der Waals surface area contributed by atoms with E-state index < -0.39 is 41.0 Å². The van der Waals surface area contributed by atoms with E-state index in [9.17, 15) is 35.9 Å². The summed E-state index contributed by atoms with van der Waals surface area (Å²) in [6.07, 6.45) is -9.73. The van der Waals surface area contributed by atoms with Gasteiger partial charge in [0.2, 0.25) is 5.91 Å². The third-order valence-electron chi connectivity index (χ3n) is 7.39. The number of carbonyl (C=O) groups is 2. The lowest BCUT2D eigenvalue weighted by atomic mass is 9.97. The highest BCUT2D eigenvalue weighted by Crippen LogP contribution is 2.37. The van der Waals surface area contributed by atoms with Crippen LogP contribution in [0.2, 0.25) is 0 Å². The average molecular weight is 592 g/mol. The first-order chi connectivity index (χ1) is 19.6. The van der Waals surface area contributed by atoms with Crippen molar-refractivity contribution in [2.45, 2.75) is 52.1 Å². The van der Waals surface area contributed by atoms with Gasteiger partial charge >= 0.3 is 12.4 Å². The van der Waals surface area contributed by atoms with Crippen molar-refractivity contribution in [3.05, 3.63) is 99.6 Å². The molecule has 1 N–H and O–H groups in total. The molecule has 1 saturated heterocycles. The summed E-state index contributed by atoms with van der Waals surface area (Å²) in [4.78, 5) is 28.4. The van der Waals surface area contributed by atoms with Crippen molar-refractivity contribution in [2.24, 2.45) is 0 Å². The molecule has 0 unspecified atom stereocenters. The number of anilines is 1. The summed E-state index contributed by atoms with van der Waals surface area (Å²) in [6.45, 7) is 6.67. The molecule has 0 radical (unpaired) electrons. The predicted octanol–water partition coefficient (Wildman–Crippen LogP) is 6.87. The first-order valence-corrected chi connectivity index (χ1v) is 13.4. The van der Waals surface area contributed by atoms with Gasteiger partial charge in [-0.1, -0.05) is 30.3 Å². The maximum absolute atomic E-state index is 13.6. The minimum atomic E-state index is -5.05. The number of nitrogens with one attached hydrogen (secondary N) is 1. The normalized spacial score (nSPS) is 16.4. The molecule has 1 aliphatic heterocycles. The lowest BCUT2D eigenvalue weighted by Crippen LogP contribution is -2.55. The maximum Gasteiger partial charge on any atom is 0.416 e. The summed E-state index contributed by atoms with van der Waals surface area (Å²) in [6, 6.07) is 13.6. The topological polar surface area (TPSA) is 52.7 Å². The lowest BCUT2D eigenvalue weighted by molar-refractivity contribution is -0.143. The highest BCUT2D eigenvalue weighted by atomic mass is 19.4. The van der Waals surface area contributed by atoms with E-state index in [-0.39, 0.29) is 18.5 Å². The van der Waals surface area contributed by atoms with Crippen molar-refractivity contribution in [1.29, 1.82) is 0 Å². The van der Waals surface area contributed by atoms with Gasteiger partial charge in [0.15, 0.2) is 0 Å². The molecule has 0 saturated carbocycles. The first kappa shape index (κ1) is 31.1. The first-order valence-electron chi connectivity index (χ1n) is 13.4. The zero-order valence-electron chi connectivity index (χ0n) is 23.4. The average Bonchev–Trinajstić information content (AvgIpc) is 2.90. The van der Waals surface area contributed by atoms with E-state index in [4.69, 9.17) is 0 Å². The fraction of sp³-hybridized carbons (Fsp3) is 0.355. The predicted molar refractivity (Wildman–Crippen MR) is 147 cm³/mol. The van der Waals surface area contributed by atoms with Gasteiger partial charge in [-0.2, -0.15) is 26.3 Å². The van der Waals surface area contributed by atoms with Crippen LogP contribution in [0.1, 0.15) is 50.7 Å². The van der Waals surface area contributed by atoms with E-state index in [1.165, 1.54) is 11.8 Å². The molecule has 3 aromatic carbocycles. The van der Waals surface area contributed by atoms with Crippen molar-refractivity contribution in [3.8, 4) is 0 Å². The maximum atomic E-state index is 13.6. The number of hydrogen-bond donors (Lipinski definition) is 1. The van der Waals surface area contributed by atoms with Crippen molar-refractivity contribution >= 4 is 17.5 Å². The Hall–Kier alpha value is -3.86. The third kappa shape index (κ3) is 7.70. The Bertz CT molecular complexity index is 1420. The van der Waals surface area contributed by atoms with Crippen LogP contribution < -0.4 is 5.32 Å². The van der Waals surface area contributed by atoms with Crippen LogP contribution in [0.15, 0.2) is 60.7 Å². The minimum Gasteiger partial charge on any atom is -0.333 e. The Labute approximate surface area is 240 Å². The van der Waals surface area contributed by atoms with Gasteiger partial charge in [-0.3, -0.25) is 14.5 Å². The van der Waals surface area contributed by atoms with E-state index in [2.05, 4.69) is 10.2 Å². The van der Waals surface area contributed by atoms with Crippen molar-refractivity contribution in [2.75, 3.05) is 25.0 Å². The Balaban J connectivity index is 1.63. The van der Waals surface area contributed by atoms with Crippen LogP contribution in [0.25, 0.3) is 0 Å². The van der Waals surface area contributed by atoms with E-state index in [1.54, 1.807) is 12.1 Å². The number of rotatable bonds is 6. The van der Waals surface area contributed by atoms with Crippen molar-refractivity contribution in [3.63, 3.8) is 0 Å². The number of amides is 2. The summed E-state index contributed by atoms with van der Waals surface area (Å²) in [5.74, 6) is -1.07. The Morgan fingerprint density at radius 2 is 1.40 bits per heavy atom. The van der Waals surface area contributed by atoms with E-state index in [1.807, 2.05) is 44.2 Å². The number of hydrogen-bond acceptors (Lipinski definition) is 3. The van der Waals surface area contributed by atoms with Gasteiger partial charge in [0.05, 0.1) is 11.1 Å². The number of piperazine rings is 1. The van der Waals surface area contributed by atoms with Crippen LogP contribution in [0.3, 0.4) is 0 Å². The molecule has 42 heavy (non-hydrogen) atoms. The molecular weight excluding hydrogens is 560 g/mol. The zero-order chi connectivity index (χ0) is 30.8. The molecule has 1 aliphatic rings. The van der Waals surface area contributed by atoms with Crippen LogP contribution in [0.5, 0.6) is 0 Å². The Kier molecular flexibility index (Phi) is 9.01. The summed E-state index contributed by atoms with van der Waals surface area (Å²) in [5.41, 5.74) is 0.913. The van der Waals surface area contributed by atoms with Gasteiger partial charge in [0.25, 0.3) is 5.91 Å². The van der Waals surface area contributed by atoms with Gasteiger partial charge in [0, 0.05) is 50.4 Å². The van der Waals surface area contributed by atoms with Gasteiger partial charge in [-0.05, 0) is 72.9 Å². The number of nitrogens with zero attached hydrogens (tertiary/aromatic N) is 2. The van der Waals surface area contributed by atoms with Crippen molar-refractivity contribution < 1.29 is 35.9 Å². The molecule has 0 aliphatic carbocycles. The molecule has 11 heteroatoms. The fourth-order valence-corrected chi connectivity index (χ4v) is 5.11. The quantitative estimate of drug-likeness (QED) is 0.319. The zero-order valence-corrected chi connectivity index (χ0v) is 23.4. The molecule has 1 atom stereocenters. The van der Waals surface area contributed by atoms with Crippen LogP contribution in [-0.2, 0) is 30.1 Å². The van der Waals surface area contributed by atoms with Gasteiger partial charge in [-0.25, -0.2) is 0 Å². The van der Waals surface area contributed by atoms with Crippen LogP contribution >= 0.6 is 0 Å². The molecule has 224 valence electrons. The fourth-order valence-electron chi connectivity index (χ4n) is 5.11. The van der Waals surface area contributed by atoms with E-state index in [0.29, 0.717) is 43.9 Å². The smallest absolute Gasteiger partial charge is 0.333 e. The third-order valence-corrected chi connectivity index (χ3v) is 7.39. The molecule has 1 fully saturated rings. The number of alkyl halides is 6. The molecule has 0 aromatic heterocycles. The number of carbonyl (C=O) groups excluding carboxylic acids is 2. The molecule has 0 spiro atoms. The number of benzene rings is 3. The van der Waals surface area contributed by atoms with Gasteiger partial charge in [-0.15, -0.1) is 0 Å². The minimum absolute atomic E-state index is 0.0263. The summed E-state index contributed by atoms with van der Waals surface area (Å²) < 4.78 is 81.0. The highest BCUT2D eigenvalue weighted by Gasteiger charge is 2.39. The number of aryl methyl sites for hydroxylation is 2. The molecule has 4 rings (SSSR count). The SMILES string of the molecule is CC(=O)Nc1ccc(CN2CCN(C(=O)c3cc(C(F)(F)F)cc(C(F)(F)F)c3)[C@H](Cc3ccc(C)c(C)c3)C2)cc1. The van der Waals surface area contributed by atoms with Crippen LogP contribution in [-0.4, -0.2) is 47.3 Å². The highest BCUT2D eigenvalue weighted by molar-refractivity contribution is 5.95. The van der Waals surface area contributed by atoms with E-state index >= 15 is 0 Å². The largest absolute Gasteiger partial charge is 0.416 e. The second kappa shape index (κ2) is 12.2. The molecule has 5 nitrogen and oxygen atoms in total. The second-order valence-electron chi connectivity index (χ2n) is 10.7. The van der Waals surface area contributed by atoms with Crippen LogP contribution in [0.4, 0.5) is 32.0 Å². The van der Waals surface area contributed by atoms with E-state index in [0.717, 1.165) is 22.3 Å². The molecular formula is C31H31F6N3O2. The lowest BCUT2D eigenvalue weighted by Gasteiger charge is -2.42. The molecule has 0 bridgehead atoms. The summed E-state index contributed by atoms with van der Waals surface area (Å²) in [5, 5.41) is 2.70. The molecule has 1 heterocycles. The second-order valence-corrected chi connectivity index (χ2v) is 10.7. The standard InChI is InChI=1S/C31H31F6N3O2/c1-19-4-5-23(12-20(19)2)13-28-18-39(17-22-6-8-27(9-7-22)38-21(3)41)10-11-40(28)29(42)24-14-25(30(32,33)34)16-26(15-24)31(35,36)37/h4-9,12,14-16,28H,10-11,13,17-18H2,1-3H3,(H,38,41)/t28-/m1/s1. The monoisotopic (exact) mass is 591 g/mol. The number of halogens is 6. The molecule has 2 amide bonds. The van der Waals surface area contributed by atoms with Crippen molar-refractivity contribution in [1.82, 2.24) is 9.80 Å². The van der Waals surface area contributed by atoms with Gasteiger partial charge < -0.3 is 10.2 Å². The Morgan fingerprint density at radius 1 is 0.810 bits per heavy atom.